The van der Waals surface area contributed by atoms with Crippen LogP contribution in [0.5, 0.6) is 0 Å². The second-order valence-corrected chi connectivity index (χ2v) is 4.84. The monoisotopic (exact) mass is 291 g/mol. The van der Waals surface area contributed by atoms with Crippen molar-refractivity contribution in [3.63, 3.8) is 0 Å². The van der Waals surface area contributed by atoms with Gasteiger partial charge in [-0.05, 0) is 22.4 Å². The zero-order chi connectivity index (χ0) is 11.3. The SMILES string of the molecule is CCCCN(CC(N)=O)c1nc(Br)cs1. The van der Waals surface area contributed by atoms with Gasteiger partial charge in [0.15, 0.2) is 5.13 Å². The number of anilines is 1. The average Bonchev–Trinajstić information content (AvgIpc) is 2.58. The van der Waals surface area contributed by atoms with Gasteiger partial charge in [0, 0.05) is 11.9 Å². The maximum atomic E-state index is 10.9. The topological polar surface area (TPSA) is 59.2 Å². The van der Waals surface area contributed by atoms with Gasteiger partial charge in [0.2, 0.25) is 5.91 Å². The lowest BCUT2D eigenvalue weighted by Crippen LogP contribution is -2.34. The third-order valence-electron chi connectivity index (χ3n) is 1.86. The van der Waals surface area contributed by atoms with Crippen LogP contribution in [0.4, 0.5) is 5.13 Å². The van der Waals surface area contributed by atoms with Gasteiger partial charge in [-0.25, -0.2) is 4.98 Å². The van der Waals surface area contributed by atoms with Crippen LogP contribution in [0.25, 0.3) is 0 Å². The van der Waals surface area contributed by atoms with Crippen molar-refractivity contribution in [3.8, 4) is 0 Å². The molecule has 1 rings (SSSR count). The van der Waals surface area contributed by atoms with E-state index in [0.29, 0.717) is 0 Å². The number of hydrogen-bond acceptors (Lipinski definition) is 4. The van der Waals surface area contributed by atoms with Crippen LogP contribution in [-0.4, -0.2) is 24.0 Å². The molecular formula is C9H14BrN3OS. The van der Waals surface area contributed by atoms with Crippen LogP contribution >= 0.6 is 27.3 Å². The summed E-state index contributed by atoms with van der Waals surface area (Å²) in [6.07, 6.45) is 2.12. The van der Waals surface area contributed by atoms with Crippen LogP contribution in [-0.2, 0) is 4.79 Å². The Bertz CT molecular complexity index is 329. The zero-order valence-corrected chi connectivity index (χ0v) is 11.0. The van der Waals surface area contributed by atoms with Crippen molar-refractivity contribution in [2.45, 2.75) is 19.8 Å². The first-order chi connectivity index (χ1) is 7.13. The minimum absolute atomic E-state index is 0.236. The first-order valence-corrected chi connectivity index (χ1v) is 6.45. The second kappa shape index (κ2) is 6.07. The highest BCUT2D eigenvalue weighted by atomic mass is 79.9. The van der Waals surface area contributed by atoms with Crippen molar-refractivity contribution in [2.75, 3.05) is 18.0 Å². The average molecular weight is 292 g/mol. The molecule has 0 aromatic carbocycles. The molecule has 0 radical (unpaired) electrons. The Morgan fingerprint density at radius 1 is 1.73 bits per heavy atom. The fourth-order valence-corrected chi connectivity index (χ4v) is 2.45. The predicted octanol–water partition coefficient (Wildman–Crippen LogP) is 2.00. The molecule has 0 aliphatic rings. The van der Waals surface area contributed by atoms with Crippen molar-refractivity contribution in [2.24, 2.45) is 5.73 Å². The molecule has 6 heteroatoms. The number of thiazole rings is 1. The first kappa shape index (κ1) is 12.4. The van der Waals surface area contributed by atoms with Gasteiger partial charge in [-0.2, -0.15) is 0 Å². The van der Waals surface area contributed by atoms with Gasteiger partial charge < -0.3 is 10.6 Å². The van der Waals surface area contributed by atoms with E-state index in [2.05, 4.69) is 27.8 Å². The van der Waals surface area contributed by atoms with Gasteiger partial charge in [0.1, 0.15) is 4.60 Å². The van der Waals surface area contributed by atoms with Gasteiger partial charge in [-0.3, -0.25) is 4.79 Å². The zero-order valence-electron chi connectivity index (χ0n) is 8.57. The van der Waals surface area contributed by atoms with Crippen molar-refractivity contribution in [1.82, 2.24) is 4.98 Å². The van der Waals surface area contributed by atoms with Crippen LogP contribution in [0.3, 0.4) is 0 Å². The van der Waals surface area contributed by atoms with E-state index in [1.54, 1.807) is 0 Å². The highest BCUT2D eigenvalue weighted by Crippen LogP contribution is 2.23. The summed E-state index contributed by atoms with van der Waals surface area (Å²) in [5.74, 6) is -0.322. The van der Waals surface area contributed by atoms with Gasteiger partial charge in [0.25, 0.3) is 0 Å². The minimum Gasteiger partial charge on any atom is -0.368 e. The highest BCUT2D eigenvalue weighted by molar-refractivity contribution is 9.10. The molecule has 0 atom stereocenters. The van der Waals surface area contributed by atoms with E-state index in [1.165, 1.54) is 11.3 Å². The van der Waals surface area contributed by atoms with Crippen LogP contribution < -0.4 is 10.6 Å². The summed E-state index contributed by atoms with van der Waals surface area (Å²) in [5.41, 5.74) is 5.19. The van der Waals surface area contributed by atoms with Crippen molar-refractivity contribution in [3.05, 3.63) is 9.98 Å². The summed E-state index contributed by atoms with van der Waals surface area (Å²) in [6.45, 7) is 3.17. The Labute approximate surface area is 102 Å². The standard InChI is InChI=1S/C9H14BrN3OS/c1-2-3-4-13(5-8(11)14)9-12-7(10)6-15-9/h6H,2-5H2,1H3,(H2,11,14). The minimum atomic E-state index is -0.322. The molecule has 4 nitrogen and oxygen atoms in total. The summed E-state index contributed by atoms with van der Waals surface area (Å²) in [4.78, 5) is 17.1. The fourth-order valence-electron chi connectivity index (χ4n) is 1.17. The largest absolute Gasteiger partial charge is 0.368 e. The second-order valence-electron chi connectivity index (χ2n) is 3.19. The van der Waals surface area contributed by atoms with Gasteiger partial charge in [-0.15, -0.1) is 11.3 Å². The molecule has 1 heterocycles. The van der Waals surface area contributed by atoms with Crippen LogP contribution in [0.15, 0.2) is 9.98 Å². The molecule has 15 heavy (non-hydrogen) atoms. The predicted molar refractivity (Wildman–Crippen MR) is 66.1 cm³/mol. The van der Waals surface area contributed by atoms with Crippen molar-refractivity contribution >= 4 is 38.3 Å². The number of halogens is 1. The number of carbonyl (C=O) groups excluding carboxylic acids is 1. The third kappa shape index (κ3) is 4.17. The van der Waals surface area contributed by atoms with E-state index in [9.17, 15) is 4.79 Å². The Kier molecular flexibility index (Phi) is 5.04. The molecule has 0 spiro atoms. The lowest BCUT2D eigenvalue weighted by atomic mass is 10.3. The van der Waals surface area contributed by atoms with E-state index < -0.39 is 0 Å². The fraction of sp³-hybridized carbons (Fsp3) is 0.556. The number of primary amides is 1. The summed E-state index contributed by atoms with van der Waals surface area (Å²) in [5, 5.41) is 2.74. The Hall–Kier alpha value is -0.620. The number of amides is 1. The maximum Gasteiger partial charge on any atom is 0.237 e. The molecule has 84 valence electrons. The molecule has 0 saturated carbocycles. The van der Waals surface area contributed by atoms with E-state index in [4.69, 9.17) is 5.73 Å². The summed E-state index contributed by atoms with van der Waals surface area (Å²) < 4.78 is 0.800. The molecule has 0 aliphatic carbocycles. The van der Waals surface area contributed by atoms with Gasteiger partial charge in [-0.1, -0.05) is 13.3 Å². The highest BCUT2D eigenvalue weighted by Gasteiger charge is 2.12. The van der Waals surface area contributed by atoms with E-state index in [-0.39, 0.29) is 12.5 Å². The Morgan fingerprint density at radius 2 is 2.47 bits per heavy atom. The van der Waals surface area contributed by atoms with E-state index in [0.717, 1.165) is 29.1 Å². The third-order valence-corrected chi connectivity index (χ3v) is 3.47. The number of aromatic nitrogens is 1. The maximum absolute atomic E-state index is 10.9. The van der Waals surface area contributed by atoms with E-state index >= 15 is 0 Å². The summed E-state index contributed by atoms with van der Waals surface area (Å²) in [6, 6.07) is 0. The number of rotatable bonds is 6. The molecule has 0 unspecified atom stereocenters. The summed E-state index contributed by atoms with van der Waals surface area (Å²) >= 11 is 4.80. The number of unbranched alkanes of at least 4 members (excludes halogenated alkanes) is 1. The molecule has 0 bridgehead atoms. The molecule has 0 saturated heterocycles. The smallest absolute Gasteiger partial charge is 0.237 e. The summed E-state index contributed by atoms with van der Waals surface area (Å²) in [7, 11) is 0. The Balaban J connectivity index is 2.66. The lowest BCUT2D eigenvalue weighted by molar-refractivity contribution is -0.116. The van der Waals surface area contributed by atoms with Crippen LogP contribution in [0, 0.1) is 0 Å². The van der Waals surface area contributed by atoms with Crippen LogP contribution in [0.2, 0.25) is 0 Å². The number of nitrogens with two attached hydrogens (primary N) is 1. The van der Waals surface area contributed by atoms with Gasteiger partial charge in [0.05, 0.1) is 6.54 Å². The van der Waals surface area contributed by atoms with Crippen molar-refractivity contribution in [1.29, 1.82) is 0 Å². The quantitative estimate of drug-likeness (QED) is 0.872. The molecular weight excluding hydrogens is 278 g/mol. The normalized spacial score (nSPS) is 10.3. The van der Waals surface area contributed by atoms with Crippen LogP contribution in [0.1, 0.15) is 19.8 Å². The number of hydrogen-bond donors (Lipinski definition) is 1. The molecule has 1 aromatic heterocycles. The lowest BCUT2D eigenvalue weighted by Gasteiger charge is -2.19. The molecule has 2 N–H and O–H groups in total. The molecule has 1 amide bonds. The number of nitrogens with zero attached hydrogens (tertiary/aromatic N) is 2. The molecule has 1 aromatic rings. The van der Waals surface area contributed by atoms with E-state index in [1.807, 2.05) is 10.3 Å². The molecule has 0 fully saturated rings. The van der Waals surface area contributed by atoms with Gasteiger partial charge >= 0.3 is 0 Å². The Morgan fingerprint density at radius 3 is 2.93 bits per heavy atom. The van der Waals surface area contributed by atoms with Crippen molar-refractivity contribution < 1.29 is 4.79 Å². The number of carbonyl (C=O) groups is 1. The first-order valence-electron chi connectivity index (χ1n) is 4.77. The molecule has 0 aliphatic heterocycles.